The topological polar surface area (TPSA) is 67.9 Å². The lowest BCUT2D eigenvalue weighted by Gasteiger charge is -2.12. The highest BCUT2D eigenvalue weighted by atomic mass is 16.5. The molecule has 0 spiro atoms. The minimum absolute atomic E-state index is 0.0253. The van der Waals surface area contributed by atoms with Crippen molar-refractivity contribution in [1.82, 2.24) is 4.90 Å². The Hall–Kier alpha value is -3.02. The number of likely N-dealkylation sites (N-methyl/N-ethyl adjacent to an activating group) is 1. The van der Waals surface area contributed by atoms with Gasteiger partial charge in [0.2, 0.25) is 0 Å². The number of ether oxygens (including phenoxy) is 2. The molecule has 0 unspecified atom stereocenters. The third-order valence-electron chi connectivity index (χ3n) is 3.31. The smallest absolute Gasteiger partial charge is 0.259 e. The van der Waals surface area contributed by atoms with E-state index >= 15 is 0 Å². The number of rotatable bonds is 6. The Morgan fingerprint density at radius 3 is 2.38 bits per heavy atom. The van der Waals surface area contributed by atoms with Crippen molar-refractivity contribution < 1.29 is 19.1 Å². The second-order valence-electron chi connectivity index (χ2n) is 5.29. The highest BCUT2D eigenvalue weighted by Crippen LogP contribution is 2.18. The maximum absolute atomic E-state index is 12.2. The van der Waals surface area contributed by atoms with Crippen LogP contribution in [-0.2, 0) is 4.79 Å². The minimum Gasteiger partial charge on any atom is -0.497 e. The largest absolute Gasteiger partial charge is 0.497 e. The first-order valence-electron chi connectivity index (χ1n) is 7.38. The van der Waals surface area contributed by atoms with Gasteiger partial charge in [-0.2, -0.15) is 0 Å². The predicted molar refractivity (Wildman–Crippen MR) is 91.6 cm³/mol. The molecular weight excluding hydrogens is 308 g/mol. The van der Waals surface area contributed by atoms with Gasteiger partial charge < -0.3 is 19.7 Å². The van der Waals surface area contributed by atoms with Crippen LogP contribution < -0.4 is 14.8 Å². The first-order valence-corrected chi connectivity index (χ1v) is 7.38. The zero-order valence-electron chi connectivity index (χ0n) is 13.9. The summed E-state index contributed by atoms with van der Waals surface area (Å²) in [5, 5.41) is 2.79. The van der Waals surface area contributed by atoms with Crippen LogP contribution in [0.2, 0.25) is 0 Å². The fraction of sp³-hybridized carbons (Fsp3) is 0.222. The first-order chi connectivity index (χ1) is 11.5. The summed E-state index contributed by atoms with van der Waals surface area (Å²) in [6.07, 6.45) is 0. The van der Waals surface area contributed by atoms with Gasteiger partial charge in [0.15, 0.2) is 6.61 Å². The van der Waals surface area contributed by atoms with Gasteiger partial charge >= 0.3 is 0 Å². The van der Waals surface area contributed by atoms with Crippen LogP contribution in [0.4, 0.5) is 5.69 Å². The summed E-state index contributed by atoms with van der Waals surface area (Å²) in [6, 6.07) is 13.7. The summed E-state index contributed by atoms with van der Waals surface area (Å²) >= 11 is 0. The van der Waals surface area contributed by atoms with E-state index in [1.165, 1.54) is 4.90 Å². The molecular formula is C18H20N2O4. The van der Waals surface area contributed by atoms with Crippen LogP contribution in [0.1, 0.15) is 10.4 Å². The van der Waals surface area contributed by atoms with Crippen LogP contribution in [0.15, 0.2) is 48.5 Å². The predicted octanol–water partition coefficient (Wildman–Crippen LogP) is 2.41. The monoisotopic (exact) mass is 328 g/mol. The van der Waals surface area contributed by atoms with Gasteiger partial charge in [-0.3, -0.25) is 9.59 Å². The lowest BCUT2D eigenvalue weighted by Crippen LogP contribution is -2.27. The lowest BCUT2D eigenvalue weighted by molar-refractivity contribution is -0.130. The molecule has 2 aromatic rings. The first kappa shape index (κ1) is 17.3. The molecule has 0 bridgehead atoms. The number of benzene rings is 2. The van der Waals surface area contributed by atoms with Crippen molar-refractivity contribution in [3.63, 3.8) is 0 Å². The molecule has 0 heterocycles. The Bertz CT molecular complexity index is 711. The summed E-state index contributed by atoms with van der Waals surface area (Å²) < 4.78 is 10.5. The van der Waals surface area contributed by atoms with Crippen LogP contribution >= 0.6 is 0 Å². The van der Waals surface area contributed by atoms with Crippen molar-refractivity contribution in [2.75, 3.05) is 33.1 Å². The van der Waals surface area contributed by atoms with Crippen LogP contribution in [0.5, 0.6) is 11.5 Å². The number of methoxy groups -OCH3 is 1. The molecule has 0 aromatic heterocycles. The molecule has 2 amide bonds. The van der Waals surface area contributed by atoms with E-state index in [1.54, 1.807) is 69.7 Å². The fourth-order valence-corrected chi connectivity index (χ4v) is 1.88. The van der Waals surface area contributed by atoms with Crippen LogP contribution in [0.3, 0.4) is 0 Å². The number of anilines is 1. The number of hydrogen-bond acceptors (Lipinski definition) is 4. The molecule has 0 fully saturated rings. The number of carbonyl (C=O) groups excluding carboxylic acids is 2. The van der Waals surface area contributed by atoms with Gasteiger partial charge in [0.25, 0.3) is 11.8 Å². The molecule has 0 aliphatic rings. The van der Waals surface area contributed by atoms with Crippen molar-refractivity contribution >= 4 is 17.5 Å². The molecule has 24 heavy (non-hydrogen) atoms. The molecule has 0 atom stereocenters. The maximum atomic E-state index is 12.2. The van der Waals surface area contributed by atoms with Crippen molar-refractivity contribution in [2.24, 2.45) is 0 Å². The van der Waals surface area contributed by atoms with E-state index in [0.717, 1.165) is 0 Å². The SMILES string of the molecule is COc1cccc(C(=O)Nc2ccc(OCC(=O)N(C)C)cc2)c1. The van der Waals surface area contributed by atoms with Crippen molar-refractivity contribution in [3.8, 4) is 11.5 Å². The van der Waals surface area contributed by atoms with Gasteiger partial charge in [-0.25, -0.2) is 0 Å². The third-order valence-corrected chi connectivity index (χ3v) is 3.31. The Balaban J connectivity index is 1.95. The van der Waals surface area contributed by atoms with E-state index in [4.69, 9.17) is 9.47 Å². The van der Waals surface area contributed by atoms with Gasteiger partial charge in [-0.1, -0.05) is 6.07 Å². The highest BCUT2D eigenvalue weighted by Gasteiger charge is 2.08. The minimum atomic E-state index is -0.231. The Morgan fingerprint density at radius 2 is 1.75 bits per heavy atom. The van der Waals surface area contributed by atoms with E-state index in [9.17, 15) is 9.59 Å². The van der Waals surface area contributed by atoms with Crippen molar-refractivity contribution in [2.45, 2.75) is 0 Å². The van der Waals surface area contributed by atoms with E-state index < -0.39 is 0 Å². The summed E-state index contributed by atoms with van der Waals surface area (Å²) in [6.45, 7) is -0.0253. The average Bonchev–Trinajstić information content (AvgIpc) is 2.60. The van der Waals surface area contributed by atoms with Gasteiger partial charge in [0, 0.05) is 25.3 Å². The Labute approximate surface area is 141 Å². The fourth-order valence-electron chi connectivity index (χ4n) is 1.88. The quantitative estimate of drug-likeness (QED) is 0.884. The summed E-state index contributed by atoms with van der Waals surface area (Å²) in [5.74, 6) is 0.831. The van der Waals surface area contributed by atoms with Crippen LogP contribution in [-0.4, -0.2) is 44.5 Å². The van der Waals surface area contributed by atoms with Gasteiger partial charge in [0.1, 0.15) is 11.5 Å². The zero-order chi connectivity index (χ0) is 17.5. The molecule has 0 aliphatic heterocycles. The normalized spacial score (nSPS) is 9.96. The maximum Gasteiger partial charge on any atom is 0.259 e. The van der Waals surface area contributed by atoms with Gasteiger partial charge in [-0.05, 0) is 42.5 Å². The standard InChI is InChI=1S/C18H20N2O4/c1-20(2)17(21)12-24-15-9-7-14(8-10-15)19-18(22)13-5-4-6-16(11-13)23-3/h4-11H,12H2,1-3H3,(H,19,22). The number of amides is 2. The molecule has 0 aliphatic carbocycles. The van der Waals surface area contributed by atoms with Gasteiger partial charge in [0.05, 0.1) is 7.11 Å². The summed E-state index contributed by atoms with van der Waals surface area (Å²) in [4.78, 5) is 25.1. The molecule has 2 aromatic carbocycles. The molecule has 2 rings (SSSR count). The van der Waals surface area contributed by atoms with E-state index in [2.05, 4.69) is 5.32 Å². The second-order valence-corrected chi connectivity index (χ2v) is 5.29. The third kappa shape index (κ3) is 4.74. The Morgan fingerprint density at radius 1 is 1.04 bits per heavy atom. The van der Waals surface area contributed by atoms with Crippen molar-refractivity contribution in [3.05, 3.63) is 54.1 Å². The zero-order valence-corrected chi connectivity index (χ0v) is 13.9. The van der Waals surface area contributed by atoms with Gasteiger partial charge in [-0.15, -0.1) is 0 Å². The molecule has 1 N–H and O–H groups in total. The summed E-state index contributed by atoms with van der Waals surface area (Å²) in [7, 11) is 4.89. The van der Waals surface area contributed by atoms with E-state index in [-0.39, 0.29) is 18.4 Å². The second kappa shape index (κ2) is 8.01. The number of nitrogens with one attached hydrogen (secondary N) is 1. The Kier molecular flexibility index (Phi) is 5.78. The molecule has 6 nitrogen and oxygen atoms in total. The molecule has 0 radical (unpaired) electrons. The molecule has 0 saturated heterocycles. The number of carbonyl (C=O) groups is 2. The molecule has 126 valence electrons. The highest BCUT2D eigenvalue weighted by molar-refractivity contribution is 6.04. The van der Waals surface area contributed by atoms with E-state index in [1.807, 2.05) is 0 Å². The van der Waals surface area contributed by atoms with E-state index in [0.29, 0.717) is 22.7 Å². The average molecular weight is 328 g/mol. The van der Waals surface area contributed by atoms with Crippen LogP contribution in [0, 0.1) is 0 Å². The lowest BCUT2D eigenvalue weighted by atomic mass is 10.2. The molecule has 0 saturated carbocycles. The van der Waals surface area contributed by atoms with Crippen LogP contribution in [0.25, 0.3) is 0 Å². The number of nitrogens with zero attached hydrogens (tertiary/aromatic N) is 1. The number of hydrogen-bond donors (Lipinski definition) is 1. The van der Waals surface area contributed by atoms with Crippen molar-refractivity contribution in [1.29, 1.82) is 0 Å². The molecule has 6 heteroatoms. The summed E-state index contributed by atoms with van der Waals surface area (Å²) in [5.41, 5.74) is 1.14.